The Kier molecular flexibility index (Phi) is 6.87. The van der Waals surface area contributed by atoms with Crippen molar-refractivity contribution in [3.05, 3.63) is 11.7 Å². The van der Waals surface area contributed by atoms with Gasteiger partial charge in [0.15, 0.2) is 5.82 Å². The van der Waals surface area contributed by atoms with E-state index in [-0.39, 0.29) is 5.41 Å². The van der Waals surface area contributed by atoms with Crippen molar-refractivity contribution in [2.75, 3.05) is 33.4 Å². The Morgan fingerprint density at radius 2 is 2.15 bits per heavy atom. The van der Waals surface area contributed by atoms with Crippen molar-refractivity contribution in [1.29, 1.82) is 0 Å². The molecule has 3 rings (SSSR count). The number of amides is 1. The van der Waals surface area contributed by atoms with Crippen LogP contribution in [0.25, 0.3) is 0 Å². The molecule has 2 aliphatic rings. The average Bonchev–Trinajstić information content (AvgIpc) is 2.88. The molecule has 2 fully saturated rings. The molecular weight excluding hydrogens is 344 g/mol. The molecule has 1 atom stereocenters. The molecule has 0 radical (unpaired) electrons. The second kappa shape index (κ2) is 9.15. The van der Waals surface area contributed by atoms with Gasteiger partial charge in [-0.05, 0) is 52.5 Å². The number of ether oxygens (including phenoxy) is 1. The van der Waals surface area contributed by atoms with Crippen LogP contribution < -0.4 is 0 Å². The number of rotatable bonds is 8. The van der Waals surface area contributed by atoms with Crippen LogP contribution in [-0.4, -0.2) is 65.2 Å². The molecule has 2 heterocycles. The topological polar surface area (TPSA) is 71.7 Å². The number of hydrogen-bond acceptors (Lipinski definition) is 6. The lowest BCUT2D eigenvalue weighted by Gasteiger charge is -2.43. The zero-order valence-corrected chi connectivity index (χ0v) is 17.1. The van der Waals surface area contributed by atoms with Crippen LogP contribution in [0.4, 0.5) is 0 Å². The van der Waals surface area contributed by atoms with Crippen LogP contribution in [0.1, 0.15) is 63.6 Å². The molecule has 1 saturated carbocycles. The Balaban J connectivity index is 1.53. The van der Waals surface area contributed by atoms with E-state index in [9.17, 15) is 4.79 Å². The quantitative estimate of drug-likeness (QED) is 0.648. The normalized spacial score (nSPS) is 22.5. The SMILES string of the molecule is CCOCCC1(C(=O)N2CCCC(N(C)Cc3noc(C)n3)CC2)CCC1. The summed E-state index contributed by atoms with van der Waals surface area (Å²) in [6.07, 6.45) is 7.24. The number of nitrogens with zero attached hydrogens (tertiary/aromatic N) is 4. The van der Waals surface area contributed by atoms with Gasteiger partial charge in [0.05, 0.1) is 12.0 Å². The molecule has 1 unspecified atom stereocenters. The first-order valence-electron chi connectivity index (χ1n) is 10.4. The molecule has 7 nitrogen and oxygen atoms in total. The molecule has 0 N–H and O–H groups in total. The minimum Gasteiger partial charge on any atom is -0.382 e. The molecule has 1 aromatic rings. The fourth-order valence-corrected chi connectivity index (χ4v) is 4.40. The molecule has 152 valence electrons. The van der Waals surface area contributed by atoms with Crippen molar-refractivity contribution in [3.63, 3.8) is 0 Å². The molecule has 0 aromatic carbocycles. The third kappa shape index (κ3) is 4.88. The molecule has 1 aliphatic heterocycles. The minimum atomic E-state index is -0.150. The number of carbonyl (C=O) groups excluding carboxylic acids is 1. The Labute approximate surface area is 162 Å². The molecule has 1 amide bonds. The van der Waals surface area contributed by atoms with Gasteiger partial charge in [-0.2, -0.15) is 4.98 Å². The maximum atomic E-state index is 13.2. The molecular formula is C20H34N4O3. The molecule has 1 aromatic heterocycles. The van der Waals surface area contributed by atoms with Crippen molar-refractivity contribution in [2.24, 2.45) is 5.41 Å². The second-order valence-corrected chi connectivity index (χ2v) is 8.10. The van der Waals surface area contributed by atoms with E-state index in [4.69, 9.17) is 9.26 Å². The number of aryl methyl sites for hydroxylation is 1. The van der Waals surface area contributed by atoms with E-state index in [1.54, 1.807) is 0 Å². The molecule has 27 heavy (non-hydrogen) atoms. The lowest BCUT2D eigenvalue weighted by atomic mass is 9.65. The highest BCUT2D eigenvalue weighted by molar-refractivity contribution is 5.83. The summed E-state index contributed by atoms with van der Waals surface area (Å²) in [7, 11) is 2.11. The molecule has 1 saturated heterocycles. The van der Waals surface area contributed by atoms with Crippen LogP contribution >= 0.6 is 0 Å². The van der Waals surface area contributed by atoms with Gasteiger partial charge in [0.1, 0.15) is 0 Å². The third-order valence-electron chi connectivity index (χ3n) is 6.26. The van der Waals surface area contributed by atoms with E-state index in [2.05, 4.69) is 27.0 Å². The lowest BCUT2D eigenvalue weighted by Crippen LogP contribution is -2.49. The van der Waals surface area contributed by atoms with Gasteiger partial charge in [0.2, 0.25) is 11.8 Å². The fraction of sp³-hybridized carbons (Fsp3) is 0.850. The minimum absolute atomic E-state index is 0.150. The standard InChI is InChI=1S/C20H34N4O3/c1-4-26-14-11-20(9-6-10-20)19(25)24-12-5-7-17(8-13-24)23(3)15-18-21-16(2)27-22-18/h17H,4-15H2,1-3H3. The first-order valence-corrected chi connectivity index (χ1v) is 10.4. The van der Waals surface area contributed by atoms with E-state index in [1.165, 1.54) is 6.42 Å². The number of aromatic nitrogens is 2. The van der Waals surface area contributed by atoms with Gasteiger partial charge in [0.25, 0.3) is 0 Å². The highest BCUT2D eigenvalue weighted by Gasteiger charge is 2.46. The maximum absolute atomic E-state index is 13.2. The smallest absolute Gasteiger partial charge is 0.228 e. The van der Waals surface area contributed by atoms with Crippen LogP contribution in [0.3, 0.4) is 0 Å². The predicted octanol–water partition coefficient (Wildman–Crippen LogP) is 2.79. The second-order valence-electron chi connectivity index (χ2n) is 8.10. The summed E-state index contributed by atoms with van der Waals surface area (Å²) < 4.78 is 10.6. The summed E-state index contributed by atoms with van der Waals surface area (Å²) in [4.78, 5) is 22.0. The van der Waals surface area contributed by atoms with Gasteiger partial charge in [0, 0.05) is 39.3 Å². The first-order chi connectivity index (χ1) is 13.0. The van der Waals surface area contributed by atoms with Gasteiger partial charge in [-0.25, -0.2) is 0 Å². The van der Waals surface area contributed by atoms with Gasteiger partial charge in [-0.15, -0.1) is 0 Å². The average molecular weight is 379 g/mol. The number of likely N-dealkylation sites (tertiary alicyclic amines) is 1. The number of hydrogen-bond donors (Lipinski definition) is 0. The van der Waals surface area contributed by atoms with E-state index >= 15 is 0 Å². The highest BCUT2D eigenvalue weighted by Crippen LogP contribution is 2.45. The van der Waals surface area contributed by atoms with E-state index in [1.807, 2.05) is 13.8 Å². The third-order valence-corrected chi connectivity index (χ3v) is 6.26. The van der Waals surface area contributed by atoms with Gasteiger partial charge in [-0.1, -0.05) is 11.6 Å². The summed E-state index contributed by atoms with van der Waals surface area (Å²) >= 11 is 0. The summed E-state index contributed by atoms with van der Waals surface area (Å²) in [6.45, 7) is 7.65. The van der Waals surface area contributed by atoms with Gasteiger partial charge >= 0.3 is 0 Å². The summed E-state index contributed by atoms with van der Waals surface area (Å²) in [5.74, 6) is 1.70. The molecule has 0 spiro atoms. The lowest BCUT2D eigenvalue weighted by molar-refractivity contribution is -0.149. The fourth-order valence-electron chi connectivity index (χ4n) is 4.40. The zero-order valence-electron chi connectivity index (χ0n) is 17.1. The molecule has 1 aliphatic carbocycles. The number of carbonyl (C=O) groups is 1. The Hall–Kier alpha value is -1.47. The Morgan fingerprint density at radius 1 is 1.33 bits per heavy atom. The summed E-state index contributed by atoms with van der Waals surface area (Å²) in [5, 5.41) is 4.00. The van der Waals surface area contributed by atoms with Crippen LogP contribution in [0.5, 0.6) is 0 Å². The summed E-state index contributed by atoms with van der Waals surface area (Å²) in [6, 6.07) is 0.447. The van der Waals surface area contributed by atoms with Gasteiger partial charge in [-0.3, -0.25) is 9.69 Å². The van der Waals surface area contributed by atoms with Crippen LogP contribution in [0, 0.1) is 12.3 Å². The monoisotopic (exact) mass is 378 g/mol. The highest BCUT2D eigenvalue weighted by atomic mass is 16.5. The van der Waals surface area contributed by atoms with Crippen molar-refractivity contribution in [1.82, 2.24) is 19.9 Å². The predicted molar refractivity (Wildman–Crippen MR) is 102 cm³/mol. The van der Waals surface area contributed by atoms with Crippen LogP contribution in [0.15, 0.2) is 4.52 Å². The largest absolute Gasteiger partial charge is 0.382 e. The Morgan fingerprint density at radius 3 is 2.78 bits per heavy atom. The molecule has 7 heteroatoms. The zero-order chi connectivity index (χ0) is 19.3. The van der Waals surface area contributed by atoms with Crippen molar-refractivity contribution < 1.29 is 14.1 Å². The van der Waals surface area contributed by atoms with Crippen LogP contribution in [-0.2, 0) is 16.1 Å². The van der Waals surface area contributed by atoms with E-state index < -0.39 is 0 Å². The van der Waals surface area contributed by atoms with E-state index in [0.29, 0.717) is 31.0 Å². The van der Waals surface area contributed by atoms with Crippen molar-refractivity contribution >= 4 is 5.91 Å². The molecule has 0 bridgehead atoms. The van der Waals surface area contributed by atoms with Crippen LogP contribution in [0.2, 0.25) is 0 Å². The maximum Gasteiger partial charge on any atom is 0.228 e. The van der Waals surface area contributed by atoms with Gasteiger partial charge < -0.3 is 14.2 Å². The first kappa shape index (κ1) is 20.3. The Bertz CT molecular complexity index is 614. The van der Waals surface area contributed by atoms with Crippen molar-refractivity contribution in [3.8, 4) is 0 Å². The van der Waals surface area contributed by atoms with E-state index in [0.717, 1.165) is 64.0 Å². The van der Waals surface area contributed by atoms with Crippen molar-refractivity contribution in [2.45, 2.75) is 71.4 Å². The summed E-state index contributed by atoms with van der Waals surface area (Å²) in [5.41, 5.74) is -0.150.